The second-order valence-corrected chi connectivity index (χ2v) is 10.3. The highest BCUT2D eigenvalue weighted by Crippen LogP contribution is 2.60. The molecule has 5 fully saturated rings. The van der Waals surface area contributed by atoms with E-state index in [-0.39, 0.29) is 35.4 Å². The van der Waals surface area contributed by atoms with Crippen LogP contribution in [0, 0.1) is 11.8 Å². The van der Waals surface area contributed by atoms with Crippen molar-refractivity contribution in [1.29, 1.82) is 0 Å². The van der Waals surface area contributed by atoms with Gasteiger partial charge in [0.25, 0.3) is 5.91 Å². The molecule has 2 atom stereocenters. The van der Waals surface area contributed by atoms with Crippen LogP contribution in [0.4, 0.5) is 0 Å². The van der Waals surface area contributed by atoms with Crippen molar-refractivity contribution >= 4 is 18.3 Å². The first kappa shape index (κ1) is 20.8. The molecule has 1 amide bonds. The van der Waals surface area contributed by atoms with E-state index in [1.165, 1.54) is 12.7 Å². The topological polar surface area (TPSA) is 129 Å². The molecule has 0 spiro atoms. The molecule has 0 radical (unpaired) electrons. The fourth-order valence-electron chi connectivity index (χ4n) is 7.21. The first-order valence-corrected chi connectivity index (χ1v) is 11.3. The minimum Gasteiger partial charge on any atom is -0.345 e. The van der Waals surface area contributed by atoms with E-state index < -0.39 is 0 Å². The smallest absolute Gasteiger partial charge is 0.273 e. The van der Waals surface area contributed by atoms with Gasteiger partial charge in [-0.25, -0.2) is 4.68 Å². The van der Waals surface area contributed by atoms with E-state index in [0.717, 1.165) is 57.8 Å². The maximum absolute atomic E-state index is 13.2. The van der Waals surface area contributed by atoms with Crippen molar-refractivity contribution in [2.24, 2.45) is 17.6 Å². The van der Waals surface area contributed by atoms with Gasteiger partial charge in [0, 0.05) is 11.6 Å². The zero-order valence-corrected chi connectivity index (χ0v) is 18.4. The molecule has 2 unspecified atom stereocenters. The summed E-state index contributed by atoms with van der Waals surface area (Å²) < 4.78 is 1.86. The van der Waals surface area contributed by atoms with Gasteiger partial charge in [-0.05, 0) is 81.3 Å². The van der Waals surface area contributed by atoms with Gasteiger partial charge in [-0.2, -0.15) is 4.80 Å². The largest absolute Gasteiger partial charge is 0.345 e. The SMILES string of the molecule is Cl.NC1CCC(n2cc(C(=O)NC34CC5CC(C3)CC(n3ncnn3)(C5)C4)nn2)CC1. The zero-order valence-electron chi connectivity index (χ0n) is 17.6. The van der Waals surface area contributed by atoms with E-state index in [1.54, 1.807) is 0 Å². The van der Waals surface area contributed by atoms with Gasteiger partial charge in [0.1, 0.15) is 0 Å². The number of nitrogens with one attached hydrogen (secondary N) is 1. The average Bonchev–Trinajstić information content (AvgIpc) is 3.40. The molecule has 31 heavy (non-hydrogen) atoms. The first-order valence-electron chi connectivity index (χ1n) is 11.3. The molecule has 10 nitrogen and oxygen atoms in total. The van der Waals surface area contributed by atoms with Crippen molar-refractivity contribution in [3.8, 4) is 0 Å². The summed E-state index contributed by atoms with van der Waals surface area (Å²) >= 11 is 0. The lowest BCUT2D eigenvalue weighted by atomic mass is 9.50. The lowest BCUT2D eigenvalue weighted by molar-refractivity contribution is -0.0811. The maximum Gasteiger partial charge on any atom is 0.273 e. The number of tetrazole rings is 1. The Morgan fingerprint density at radius 3 is 2.52 bits per heavy atom. The quantitative estimate of drug-likeness (QED) is 0.728. The highest BCUT2D eigenvalue weighted by molar-refractivity contribution is 5.92. The van der Waals surface area contributed by atoms with Crippen molar-refractivity contribution in [3.63, 3.8) is 0 Å². The number of carbonyl (C=O) groups excluding carboxylic acids is 1. The molecule has 4 bridgehead atoms. The second-order valence-electron chi connectivity index (χ2n) is 10.3. The Balaban J connectivity index is 0.00000204. The highest BCUT2D eigenvalue weighted by Gasteiger charge is 2.60. The molecule has 0 saturated heterocycles. The van der Waals surface area contributed by atoms with E-state index in [0.29, 0.717) is 23.6 Å². The van der Waals surface area contributed by atoms with Crippen LogP contribution in [0.3, 0.4) is 0 Å². The molecule has 7 rings (SSSR count). The predicted molar refractivity (Wildman–Crippen MR) is 113 cm³/mol. The van der Waals surface area contributed by atoms with Crippen LogP contribution in [-0.4, -0.2) is 52.7 Å². The lowest BCUT2D eigenvalue weighted by Crippen LogP contribution is -2.66. The zero-order chi connectivity index (χ0) is 20.3. The minimum atomic E-state index is -0.212. The van der Waals surface area contributed by atoms with Gasteiger partial charge in [-0.15, -0.1) is 27.7 Å². The van der Waals surface area contributed by atoms with Crippen molar-refractivity contribution in [3.05, 3.63) is 18.2 Å². The summed E-state index contributed by atoms with van der Waals surface area (Å²) in [5, 5.41) is 24.4. The third-order valence-electron chi connectivity index (χ3n) is 8.04. The molecule has 2 aromatic heterocycles. The van der Waals surface area contributed by atoms with Crippen LogP contribution in [0.1, 0.15) is 80.7 Å². The lowest BCUT2D eigenvalue weighted by Gasteiger charge is -2.61. The van der Waals surface area contributed by atoms with Crippen molar-refractivity contribution in [2.75, 3.05) is 0 Å². The molecular formula is C20H30ClN9O. The van der Waals surface area contributed by atoms with E-state index in [1.807, 2.05) is 15.7 Å². The Morgan fingerprint density at radius 1 is 1.10 bits per heavy atom. The Bertz CT molecular complexity index is 922. The van der Waals surface area contributed by atoms with Gasteiger partial charge in [-0.1, -0.05) is 5.21 Å². The molecule has 2 aromatic rings. The fourth-order valence-corrected chi connectivity index (χ4v) is 7.21. The minimum absolute atomic E-state index is 0. The molecule has 3 N–H and O–H groups in total. The summed E-state index contributed by atoms with van der Waals surface area (Å²) in [6.45, 7) is 0. The monoisotopic (exact) mass is 447 g/mol. The number of amides is 1. The molecule has 0 aliphatic heterocycles. The summed E-state index contributed by atoms with van der Waals surface area (Å²) in [5.41, 5.74) is 6.10. The molecule has 11 heteroatoms. The van der Waals surface area contributed by atoms with Gasteiger partial charge in [-0.3, -0.25) is 4.79 Å². The summed E-state index contributed by atoms with van der Waals surface area (Å²) in [4.78, 5) is 15.0. The number of hydrogen-bond acceptors (Lipinski definition) is 7. The van der Waals surface area contributed by atoms with Crippen LogP contribution in [0.25, 0.3) is 0 Å². The fraction of sp³-hybridized carbons (Fsp3) is 0.800. The van der Waals surface area contributed by atoms with Crippen molar-refractivity contribution in [2.45, 2.75) is 87.4 Å². The first-order chi connectivity index (χ1) is 14.5. The summed E-state index contributed by atoms with van der Waals surface area (Å²) in [5.74, 6) is 1.08. The van der Waals surface area contributed by atoms with Crippen LogP contribution >= 0.6 is 12.4 Å². The van der Waals surface area contributed by atoms with Gasteiger partial charge in [0.2, 0.25) is 0 Å². The van der Waals surface area contributed by atoms with Gasteiger partial charge >= 0.3 is 0 Å². The molecule has 168 valence electrons. The van der Waals surface area contributed by atoms with Gasteiger partial charge in [0.05, 0.1) is 17.8 Å². The summed E-state index contributed by atoms with van der Waals surface area (Å²) in [6.07, 6.45) is 13.6. The van der Waals surface area contributed by atoms with E-state index >= 15 is 0 Å². The number of hydrogen-bond donors (Lipinski definition) is 2. The van der Waals surface area contributed by atoms with Crippen LogP contribution in [0.2, 0.25) is 0 Å². The Hall–Kier alpha value is -2.07. The molecule has 2 heterocycles. The van der Waals surface area contributed by atoms with Crippen molar-refractivity contribution in [1.82, 2.24) is 40.5 Å². The average molecular weight is 448 g/mol. The number of aromatic nitrogens is 7. The van der Waals surface area contributed by atoms with Gasteiger partial charge < -0.3 is 11.1 Å². The number of rotatable bonds is 4. The van der Waals surface area contributed by atoms with Gasteiger partial charge in [0.15, 0.2) is 12.0 Å². The third-order valence-corrected chi connectivity index (χ3v) is 8.04. The number of nitrogens with two attached hydrogens (primary N) is 1. The van der Waals surface area contributed by atoms with Crippen molar-refractivity contribution < 1.29 is 4.79 Å². The molecule has 5 aliphatic rings. The third kappa shape index (κ3) is 3.53. The molecule has 0 aromatic carbocycles. The van der Waals surface area contributed by atoms with Crippen LogP contribution in [0.5, 0.6) is 0 Å². The van der Waals surface area contributed by atoms with E-state index in [2.05, 4.69) is 31.0 Å². The highest BCUT2D eigenvalue weighted by atomic mass is 35.5. The molecule has 5 saturated carbocycles. The summed E-state index contributed by atoms with van der Waals surface area (Å²) in [7, 11) is 0. The predicted octanol–water partition coefficient (Wildman–Crippen LogP) is 1.61. The van der Waals surface area contributed by atoms with E-state index in [4.69, 9.17) is 5.73 Å². The Labute approximate surface area is 187 Å². The van der Waals surface area contributed by atoms with Crippen LogP contribution < -0.4 is 11.1 Å². The normalized spacial score (nSPS) is 38.6. The number of halogens is 1. The second kappa shape index (κ2) is 7.51. The van der Waals surface area contributed by atoms with Crippen LogP contribution in [0.15, 0.2) is 12.5 Å². The number of nitrogens with zero attached hydrogens (tertiary/aromatic N) is 7. The van der Waals surface area contributed by atoms with E-state index in [9.17, 15) is 4.79 Å². The summed E-state index contributed by atoms with van der Waals surface area (Å²) in [6, 6.07) is 0.579. The standard InChI is InChI=1S/C20H29N9O.ClH/c21-15-1-3-16(4-2-15)28-10-17(25-27-28)18(30)24-19-6-13-5-14(7-19)9-20(8-13,11-19)29-23-12-22-26-29;/h10,12-16H,1-9,11,21H2,(H,24,30);1H. The Kier molecular flexibility index (Phi) is 5.04. The van der Waals surface area contributed by atoms with Crippen LogP contribution in [-0.2, 0) is 5.54 Å². The molecule has 5 aliphatic carbocycles. The molecular weight excluding hydrogens is 418 g/mol. The maximum atomic E-state index is 13.2. The Morgan fingerprint density at radius 2 is 1.84 bits per heavy atom. The number of carbonyl (C=O) groups is 1.